The first-order chi connectivity index (χ1) is 15.1. The number of benzene rings is 2. The van der Waals surface area contributed by atoms with E-state index in [1.54, 1.807) is 34.9 Å². The van der Waals surface area contributed by atoms with E-state index >= 15 is 0 Å². The Morgan fingerprint density at radius 3 is 2.58 bits per heavy atom. The summed E-state index contributed by atoms with van der Waals surface area (Å²) in [6.07, 6.45) is 3.77. The number of nitrogens with one attached hydrogen (secondary N) is 1. The number of likely N-dealkylation sites (tertiary alicyclic amines) is 1. The first-order valence-corrected chi connectivity index (χ1v) is 11.9. The number of aromatic nitrogens is 2. The molecule has 0 unspecified atom stereocenters. The van der Waals surface area contributed by atoms with E-state index < -0.39 is 0 Å². The van der Waals surface area contributed by atoms with Crippen molar-refractivity contribution in [2.45, 2.75) is 24.4 Å². The van der Waals surface area contributed by atoms with Crippen molar-refractivity contribution in [1.29, 1.82) is 0 Å². The molecule has 1 fully saturated rings. The molecule has 1 aliphatic heterocycles. The summed E-state index contributed by atoms with van der Waals surface area (Å²) in [6, 6.07) is 14.3. The third kappa shape index (κ3) is 5.47. The molecule has 0 aliphatic carbocycles. The van der Waals surface area contributed by atoms with Crippen LogP contribution >= 0.6 is 23.4 Å². The van der Waals surface area contributed by atoms with Crippen molar-refractivity contribution >= 4 is 40.2 Å². The van der Waals surface area contributed by atoms with Gasteiger partial charge in [-0.25, -0.2) is 4.98 Å². The van der Waals surface area contributed by atoms with E-state index in [4.69, 9.17) is 11.6 Å². The zero-order valence-electron chi connectivity index (χ0n) is 17.2. The Hall–Kier alpha value is -2.35. The molecule has 1 amide bonds. The Morgan fingerprint density at radius 2 is 1.81 bits per heavy atom. The van der Waals surface area contributed by atoms with Crippen molar-refractivity contribution < 1.29 is 4.79 Å². The van der Waals surface area contributed by atoms with Crippen LogP contribution < -0.4 is 10.9 Å². The normalized spacial score (nSPS) is 14.6. The molecule has 6 nitrogen and oxygen atoms in total. The number of halogens is 1. The van der Waals surface area contributed by atoms with Crippen molar-refractivity contribution in [3.8, 4) is 5.69 Å². The highest BCUT2D eigenvalue weighted by Gasteiger charge is 2.15. The highest BCUT2D eigenvalue weighted by molar-refractivity contribution is 7.99. The Bertz CT molecular complexity index is 1110. The SMILES string of the molecule is O=C(CSc1nc2ccccc2c(=O)n1-c1ccc(Cl)cc1)NCCN1CCCCC1. The van der Waals surface area contributed by atoms with Gasteiger partial charge in [0.2, 0.25) is 5.91 Å². The van der Waals surface area contributed by atoms with E-state index in [2.05, 4.69) is 15.2 Å². The van der Waals surface area contributed by atoms with Gasteiger partial charge in [-0.2, -0.15) is 0 Å². The summed E-state index contributed by atoms with van der Waals surface area (Å²) in [5, 5.41) is 4.59. The zero-order chi connectivity index (χ0) is 21.6. The number of carbonyl (C=O) groups is 1. The average molecular weight is 457 g/mol. The molecule has 1 saturated heterocycles. The lowest BCUT2D eigenvalue weighted by atomic mass is 10.1. The van der Waals surface area contributed by atoms with Gasteiger partial charge in [0.05, 0.1) is 22.3 Å². The summed E-state index contributed by atoms with van der Waals surface area (Å²) in [4.78, 5) is 32.7. The largest absolute Gasteiger partial charge is 0.354 e. The van der Waals surface area contributed by atoms with Gasteiger partial charge < -0.3 is 10.2 Å². The number of fused-ring (bicyclic) bond motifs is 1. The van der Waals surface area contributed by atoms with Crippen LogP contribution in [0.2, 0.25) is 5.02 Å². The number of rotatable bonds is 7. The van der Waals surface area contributed by atoms with Crippen molar-refractivity contribution in [3.05, 3.63) is 63.9 Å². The van der Waals surface area contributed by atoms with Crippen LogP contribution in [0.25, 0.3) is 16.6 Å². The molecular formula is C23H25ClN4O2S. The summed E-state index contributed by atoms with van der Waals surface area (Å²) in [5.41, 5.74) is 1.12. The van der Waals surface area contributed by atoms with E-state index in [0.717, 1.165) is 19.6 Å². The van der Waals surface area contributed by atoms with Crippen molar-refractivity contribution in [3.63, 3.8) is 0 Å². The van der Waals surface area contributed by atoms with E-state index in [9.17, 15) is 9.59 Å². The zero-order valence-corrected chi connectivity index (χ0v) is 18.8. The average Bonchev–Trinajstić information content (AvgIpc) is 2.79. The first-order valence-electron chi connectivity index (χ1n) is 10.5. The van der Waals surface area contributed by atoms with Gasteiger partial charge in [0.25, 0.3) is 5.56 Å². The fourth-order valence-corrected chi connectivity index (χ4v) is 4.71. The van der Waals surface area contributed by atoms with Gasteiger partial charge in [-0.15, -0.1) is 0 Å². The molecule has 3 aromatic rings. The van der Waals surface area contributed by atoms with Crippen LogP contribution in [-0.2, 0) is 4.79 Å². The second kappa shape index (κ2) is 10.3. The summed E-state index contributed by atoms with van der Waals surface area (Å²) >= 11 is 7.28. The molecule has 8 heteroatoms. The predicted molar refractivity (Wildman–Crippen MR) is 126 cm³/mol. The molecule has 2 aromatic carbocycles. The highest BCUT2D eigenvalue weighted by Crippen LogP contribution is 2.22. The predicted octanol–water partition coefficient (Wildman–Crippen LogP) is 3.73. The lowest BCUT2D eigenvalue weighted by Gasteiger charge is -2.26. The third-order valence-electron chi connectivity index (χ3n) is 5.36. The second-order valence-electron chi connectivity index (χ2n) is 7.57. The van der Waals surface area contributed by atoms with Crippen LogP contribution in [0.15, 0.2) is 58.5 Å². The third-order valence-corrected chi connectivity index (χ3v) is 6.55. The molecular weight excluding hydrogens is 432 g/mol. The number of piperidine rings is 1. The Labute approximate surface area is 190 Å². The molecule has 31 heavy (non-hydrogen) atoms. The number of hydrogen-bond donors (Lipinski definition) is 1. The number of nitrogens with zero attached hydrogens (tertiary/aromatic N) is 3. The van der Waals surface area contributed by atoms with E-state index in [-0.39, 0.29) is 17.2 Å². The maximum Gasteiger partial charge on any atom is 0.266 e. The number of thioether (sulfide) groups is 1. The molecule has 0 radical (unpaired) electrons. The number of hydrogen-bond acceptors (Lipinski definition) is 5. The number of amides is 1. The summed E-state index contributed by atoms with van der Waals surface area (Å²) < 4.78 is 1.55. The molecule has 1 aromatic heterocycles. The van der Waals surface area contributed by atoms with Crippen molar-refractivity contribution in [2.75, 3.05) is 31.9 Å². The van der Waals surface area contributed by atoms with Gasteiger partial charge in [0.15, 0.2) is 5.16 Å². The fraction of sp³-hybridized carbons (Fsp3) is 0.348. The lowest BCUT2D eigenvalue weighted by Crippen LogP contribution is -2.38. The summed E-state index contributed by atoms with van der Waals surface area (Å²) in [7, 11) is 0. The molecule has 162 valence electrons. The lowest BCUT2D eigenvalue weighted by molar-refractivity contribution is -0.118. The fourth-order valence-electron chi connectivity index (χ4n) is 3.74. The van der Waals surface area contributed by atoms with Gasteiger partial charge in [-0.05, 0) is 62.3 Å². The van der Waals surface area contributed by atoms with E-state index in [1.807, 2.05) is 18.2 Å². The van der Waals surface area contributed by atoms with Gasteiger partial charge >= 0.3 is 0 Å². The van der Waals surface area contributed by atoms with Gasteiger partial charge in [-0.1, -0.05) is 41.9 Å². The quantitative estimate of drug-likeness (QED) is 0.433. The molecule has 4 rings (SSSR count). The van der Waals surface area contributed by atoms with E-state index in [1.165, 1.54) is 31.0 Å². The van der Waals surface area contributed by atoms with Crippen LogP contribution in [0.3, 0.4) is 0 Å². The topological polar surface area (TPSA) is 67.2 Å². The number of para-hydroxylation sites is 1. The Morgan fingerprint density at radius 1 is 1.06 bits per heavy atom. The first kappa shape index (κ1) is 21.9. The molecule has 0 spiro atoms. The van der Waals surface area contributed by atoms with Gasteiger partial charge in [-0.3, -0.25) is 14.2 Å². The van der Waals surface area contributed by atoms with Gasteiger partial charge in [0, 0.05) is 18.1 Å². The van der Waals surface area contributed by atoms with E-state index in [0.29, 0.717) is 33.3 Å². The second-order valence-corrected chi connectivity index (χ2v) is 8.95. The monoisotopic (exact) mass is 456 g/mol. The summed E-state index contributed by atoms with van der Waals surface area (Å²) in [6.45, 7) is 3.73. The standard InChI is InChI=1S/C23H25ClN4O2S/c24-17-8-10-18(11-9-17)28-22(30)19-6-2-3-7-20(19)26-23(28)31-16-21(29)25-12-15-27-13-4-1-5-14-27/h2-3,6-11H,1,4-5,12-16H2,(H,25,29). The molecule has 1 N–H and O–H groups in total. The molecule has 1 aliphatic rings. The van der Waals surface area contributed by atoms with Crippen molar-refractivity contribution in [2.24, 2.45) is 0 Å². The number of carbonyl (C=O) groups excluding carboxylic acids is 1. The highest BCUT2D eigenvalue weighted by atomic mass is 35.5. The maximum atomic E-state index is 13.2. The van der Waals surface area contributed by atoms with Crippen LogP contribution in [0.1, 0.15) is 19.3 Å². The minimum atomic E-state index is -0.166. The van der Waals surface area contributed by atoms with Crippen LogP contribution in [0.5, 0.6) is 0 Å². The minimum absolute atomic E-state index is 0.0629. The van der Waals surface area contributed by atoms with Gasteiger partial charge in [0.1, 0.15) is 0 Å². The Kier molecular flexibility index (Phi) is 7.27. The van der Waals surface area contributed by atoms with Crippen molar-refractivity contribution in [1.82, 2.24) is 19.8 Å². The van der Waals surface area contributed by atoms with Crippen LogP contribution in [-0.4, -0.2) is 52.3 Å². The summed E-state index contributed by atoms with van der Waals surface area (Å²) in [5.74, 6) is 0.130. The Balaban J connectivity index is 1.49. The van der Waals surface area contributed by atoms with Crippen LogP contribution in [0.4, 0.5) is 0 Å². The minimum Gasteiger partial charge on any atom is -0.354 e. The molecule has 2 heterocycles. The smallest absolute Gasteiger partial charge is 0.266 e. The van der Waals surface area contributed by atoms with Crippen LogP contribution in [0, 0.1) is 0 Å². The molecule has 0 saturated carbocycles. The molecule has 0 atom stereocenters. The molecule has 0 bridgehead atoms. The maximum absolute atomic E-state index is 13.2.